The predicted molar refractivity (Wildman–Crippen MR) is 79.5 cm³/mol. The Morgan fingerprint density at radius 2 is 1.68 bits per heavy atom. The largest absolute Gasteiger partial charge is 0.396 e. The van der Waals surface area contributed by atoms with E-state index in [-0.39, 0.29) is 11.5 Å². The molecule has 0 aliphatic carbocycles. The number of aryl methyl sites for hydroxylation is 1. The highest BCUT2D eigenvalue weighted by Crippen LogP contribution is 2.31. The zero-order chi connectivity index (χ0) is 14.2. The van der Waals surface area contributed by atoms with Gasteiger partial charge in [0.2, 0.25) is 0 Å². The lowest BCUT2D eigenvalue weighted by Gasteiger charge is -2.23. The second-order valence-electron chi connectivity index (χ2n) is 4.92. The molecule has 0 radical (unpaired) electrons. The molecule has 2 aromatic rings. The van der Waals surface area contributed by atoms with Gasteiger partial charge in [0, 0.05) is 18.4 Å². The van der Waals surface area contributed by atoms with Gasteiger partial charge in [-0.2, -0.15) is 0 Å². The normalized spacial score (nSPS) is 10.6. The van der Waals surface area contributed by atoms with Crippen LogP contribution in [-0.4, -0.2) is 7.05 Å². The molecule has 100 valence electrons. The first-order chi connectivity index (χ1) is 8.91. The third-order valence-electron chi connectivity index (χ3n) is 3.76. The molecule has 2 rings (SSSR count). The van der Waals surface area contributed by atoms with E-state index in [4.69, 9.17) is 5.73 Å². The van der Waals surface area contributed by atoms with E-state index in [0.717, 1.165) is 11.4 Å². The summed E-state index contributed by atoms with van der Waals surface area (Å²) < 4.78 is 13.5. The lowest BCUT2D eigenvalue weighted by atomic mass is 10.0. The SMILES string of the molecule is Cc1ccc(N(C)c2ccc(N)c(F)c2)c(C)c1C. The molecule has 19 heavy (non-hydrogen) atoms. The van der Waals surface area contributed by atoms with E-state index in [1.807, 2.05) is 18.0 Å². The van der Waals surface area contributed by atoms with Crippen LogP contribution in [-0.2, 0) is 0 Å². The summed E-state index contributed by atoms with van der Waals surface area (Å²) in [5.41, 5.74) is 11.3. The van der Waals surface area contributed by atoms with Crippen LogP contribution in [0, 0.1) is 26.6 Å². The number of hydrogen-bond donors (Lipinski definition) is 1. The van der Waals surface area contributed by atoms with Crippen LogP contribution in [0.5, 0.6) is 0 Å². The quantitative estimate of drug-likeness (QED) is 0.822. The fourth-order valence-corrected chi connectivity index (χ4v) is 2.17. The van der Waals surface area contributed by atoms with Crippen molar-refractivity contribution < 1.29 is 4.39 Å². The molecule has 2 N–H and O–H groups in total. The molecule has 0 bridgehead atoms. The molecule has 0 saturated carbocycles. The number of nitrogen functional groups attached to an aromatic ring is 1. The summed E-state index contributed by atoms with van der Waals surface area (Å²) in [6.45, 7) is 6.28. The standard InChI is InChI=1S/C16H19FN2/c1-10-5-8-16(12(3)11(10)2)19(4)13-6-7-15(18)14(17)9-13/h5-9H,18H2,1-4H3. The Kier molecular flexibility index (Phi) is 3.47. The summed E-state index contributed by atoms with van der Waals surface area (Å²) in [5, 5.41) is 0. The maximum atomic E-state index is 13.5. The molecule has 3 heteroatoms. The number of halogens is 1. The Labute approximate surface area is 113 Å². The first-order valence-corrected chi connectivity index (χ1v) is 6.27. The van der Waals surface area contributed by atoms with Crippen molar-refractivity contribution in [1.29, 1.82) is 0 Å². The molecule has 0 unspecified atom stereocenters. The molecule has 0 atom stereocenters. The highest BCUT2D eigenvalue weighted by molar-refractivity contribution is 5.68. The van der Waals surface area contributed by atoms with Crippen molar-refractivity contribution >= 4 is 17.1 Å². The number of nitrogens with zero attached hydrogens (tertiary/aromatic N) is 1. The Hall–Kier alpha value is -2.03. The lowest BCUT2D eigenvalue weighted by molar-refractivity contribution is 0.632. The van der Waals surface area contributed by atoms with Gasteiger partial charge >= 0.3 is 0 Å². The Morgan fingerprint density at radius 3 is 2.32 bits per heavy atom. The number of rotatable bonds is 2. The minimum Gasteiger partial charge on any atom is -0.396 e. The molecule has 0 spiro atoms. The monoisotopic (exact) mass is 258 g/mol. The van der Waals surface area contributed by atoms with Crippen LogP contribution in [0.1, 0.15) is 16.7 Å². The number of anilines is 3. The molecule has 2 nitrogen and oxygen atoms in total. The predicted octanol–water partition coefficient (Wildman–Crippen LogP) is 4.10. The van der Waals surface area contributed by atoms with Crippen LogP contribution < -0.4 is 10.6 Å². The van der Waals surface area contributed by atoms with Gasteiger partial charge in [-0.05, 0) is 61.7 Å². The molecule has 0 heterocycles. The van der Waals surface area contributed by atoms with E-state index in [9.17, 15) is 4.39 Å². The smallest absolute Gasteiger partial charge is 0.148 e. The Morgan fingerprint density at radius 1 is 1.00 bits per heavy atom. The van der Waals surface area contributed by atoms with Gasteiger partial charge in [0.25, 0.3) is 0 Å². The summed E-state index contributed by atoms with van der Waals surface area (Å²) in [7, 11) is 1.93. The average Bonchev–Trinajstić information content (AvgIpc) is 2.39. The van der Waals surface area contributed by atoms with Crippen molar-refractivity contribution in [3.05, 3.63) is 52.8 Å². The third kappa shape index (κ3) is 2.41. The lowest BCUT2D eigenvalue weighted by Crippen LogP contribution is -2.12. The summed E-state index contributed by atoms with van der Waals surface area (Å²) in [4.78, 5) is 1.98. The highest BCUT2D eigenvalue weighted by atomic mass is 19.1. The van der Waals surface area contributed by atoms with Gasteiger partial charge in [0.05, 0.1) is 5.69 Å². The van der Waals surface area contributed by atoms with Gasteiger partial charge in [-0.15, -0.1) is 0 Å². The van der Waals surface area contributed by atoms with E-state index in [1.54, 1.807) is 6.07 Å². The average molecular weight is 258 g/mol. The molecule has 0 aliphatic heterocycles. The third-order valence-corrected chi connectivity index (χ3v) is 3.76. The number of hydrogen-bond acceptors (Lipinski definition) is 2. The van der Waals surface area contributed by atoms with E-state index in [2.05, 4.69) is 32.9 Å². The van der Waals surface area contributed by atoms with Gasteiger partial charge in [-0.1, -0.05) is 6.07 Å². The molecular formula is C16H19FN2. The van der Waals surface area contributed by atoms with Gasteiger partial charge in [-0.25, -0.2) is 4.39 Å². The van der Waals surface area contributed by atoms with Crippen molar-refractivity contribution in [2.75, 3.05) is 17.7 Å². The Balaban J connectivity index is 2.47. The van der Waals surface area contributed by atoms with Crippen molar-refractivity contribution in [2.45, 2.75) is 20.8 Å². The van der Waals surface area contributed by atoms with E-state index < -0.39 is 0 Å². The van der Waals surface area contributed by atoms with Crippen LogP contribution in [0.15, 0.2) is 30.3 Å². The molecule has 0 amide bonds. The van der Waals surface area contributed by atoms with Crippen LogP contribution in [0.2, 0.25) is 0 Å². The fourth-order valence-electron chi connectivity index (χ4n) is 2.17. The minimum absolute atomic E-state index is 0.175. The summed E-state index contributed by atoms with van der Waals surface area (Å²) in [6.07, 6.45) is 0. The van der Waals surface area contributed by atoms with Crippen molar-refractivity contribution in [3.63, 3.8) is 0 Å². The zero-order valence-electron chi connectivity index (χ0n) is 11.8. The van der Waals surface area contributed by atoms with E-state index >= 15 is 0 Å². The fraction of sp³-hybridized carbons (Fsp3) is 0.250. The first kappa shape index (κ1) is 13.4. The topological polar surface area (TPSA) is 29.3 Å². The van der Waals surface area contributed by atoms with Gasteiger partial charge < -0.3 is 10.6 Å². The second-order valence-corrected chi connectivity index (χ2v) is 4.92. The van der Waals surface area contributed by atoms with Crippen LogP contribution >= 0.6 is 0 Å². The zero-order valence-corrected chi connectivity index (χ0v) is 11.8. The summed E-state index contributed by atoms with van der Waals surface area (Å²) in [6, 6.07) is 9.03. The van der Waals surface area contributed by atoms with E-state index in [0.29, 0.717) is 0 Å². The van der Waals surface area contributed by atoms with Crippen molar-refractivity contribution in [3.8, 4) is 0 Å². The molecular weight excluding hydrogens is 239 g/mol. The molecule has 0 aliphatic rings. The summed E-state index contributed by atoms with van der Waals surface area (Å²) >= 11 is 0. The van der Waals surface area contributed by atoms with Crippen molar-refractivity contribution in [2.24, 2.45) is 0 Å². The number of benzene rings is 2. The van der Waals surface area contributed by atoms with Crippen LogP contribution in [0.3, 0.4) is 0 Å². The maximum Gasteiger partial charge on any atom is 0.148 e. The first-order valence-electron chi connectivity index (χ1n) is 6.27. The van der Waals surface area contributed by atoms with E-state index in [1.165, 1.54) is 22.8 Å². The summed E-state index contributed by atoms with van der Waals surface area (Å²) in [5.74, 6) is -0.383. The molecule has 0 aromatic heterocycles. The van der Waals surface area contributed by atoms with Crippen LogP contribution in [0.25, 0.3) is 0 Å². The molecule has 0 saturated heterocycles. The van der Waals surface area contributed by atoms with Crippen molar-refractivity contribution in [1.82, 2.24) is 0 Å². The van der Waals surface area contributed by atoms with Gasteiger partial charge in [0.1, 0.15) is 5.82 Å². The van der Waals surface area contributed by atoms with Gasteiger partial charge in [-0.3, -0.25) is 0 Å². The van der Waals surface area contributed by atoms with Crippen LogP contribution in [0.4, 0.5) is 21.5 Å². The minimum atomic E-state index is -0.383. The van der Waals surface area contributed by atoms with Gasteiger partial charge in [0.15, 0.2) is 0 Å². The maximum absolute atomic E-state index is 13.5. The second kappa shape index (κ2) is 4.92. The number of nitrogens with two attached hydrogens (primary N) is 1. The Bertz CT molecular complexity index is 620. The molecule has 0 fully saturated rings. The molecule has 2 aromatic carbocycles. The highest BCUT2D eigenvalue weighted by Gasteiger charge is 2.11.